The van der Waals surface area contributed by atoms with Crippen LogP contribution in [0.3, 0.4) is 0 Å². The predicted octanol–water partition coefficient (Wildman–Crippen LogP) is 1.60. The minimum absolute atomic E-state index is 0.751. The summed E-state index contributed by atoms with van der Waals surface area (Å²) in [5, 5.41) is 4.48. The second-order valence-corrected chi connectivity index (χ2v) is 6.75. The zero-order valence-corrected chi connectivity index (χ0v) is 12.8. The molecule has 0 bridgehead atoms. The fourth-order valence-electron chi connectivity index (χ4n) is 1.87. The minimum Gasteiger partial charge on any atom is -0.290 e. The second kappa shape index (κ2) is 6.68. The van der Waals surface area contributed by atoms with Crippen LogP contribution in [0.15, 0.2) is 4.34 Å². The number of hydrogen-bond donors (Lipinski definition) is 0. The Kier molecular flexibility index (Phi) is 5.21. The first-order valence-electron chi connectivity index (χ1n) is 5.73. The standard InChI is InChI=1S/C11H16N4S3/c1-3-4-13-5-7-14(8-6-13)9-15-11(16)18-10(12-15)17-2/h1H,4-9H2,2H3. The number of rotatable bonds is 4. The largest absolute Gasteiger partial charge is 0.290 e. The van der Waals surface area contributed by atoms with E-state index in [0.29, 0.717) is 0 Å². The Bertz CT molecular complexity index is 479. The van der Waals surface area contributed by atoms with E-state index in [2.05, 4.69) is 20.8 Å². The molecule has 7 heteroatoms. The molecule has 0 N–H and O–H groups in total. The highest BCUT2D eigenvalue weighted by atomic mass is 32.2. The summed E-state index contributed by atoms with van der Waals surface area (Å²) in [6.07, 6.45) is 7.35. The molecule has 0 spiro atoms. The van der Waals surface area contributed by atoms with Crippen molar-refractivity contribution in [3.63, 3.8) is 0 Å². The second-order valence-electron chi connectivity index (χ2n) is 4.08. The van der Waals surface area contributed by atoms with Gasteiger partial charge < -0.3 is 0 Å². The van der Waals surface area contributed by atoms with Gasteiger partial charge in [-0.15, -0.1) is 6.42 Å². The maximum Gasteiger partial charge on any atom is 0.181 e. The van der Waals surface area contributed by atoms with Gasteiger partial charge in [-0.05, 0) is 18.5 Å². The highest BCUT2D eigenvalue weighted by Crippen LogP contribution is 2.19. The van der Waals surface area contributed by atoms with E-state index in [0.717, 1.165) is 47.7 Å². The van der Waals surface area contributed by atoms with Crippen molar-refractivity contribution in [2.24, 2.45) is 0 Å². The maximum atomic E-state index is 5.32. The predicted molar refractivity (Wildman–Crippen MR) is 79.6 cm³/mol. The first-order valence-corrected chi connectivity index (χ1v) is 8.18. The van der Waals surface area contributed by atoms with Crippen LogP contribution in [0.25, 0.3) is 0 Å². The van der Waals surface area contributed by atoms with Crippen LogP contribution in [0.5, 0.6) is 0 Å². The van der Waals surface area contributed by atoms with E-state index in [1.165, 1.54) is 0 Å². The summed E-state index contributed by atoms with van der Waals surface area (Å²) in [5.74, 6) is 2.69. The molecule has 0 unspecified atom stereocenters. The van der Waals surface area contributed by atoms with E-state index in [1.54, 1.807) is 23.1 Å². The van der Waals surface area contributed by atoms with Crippen molar-refractivity contribution in [1.82, 2.24) is 19.6 Å². The van der Waals surface area contributed by atoms with E-state index in [9.17, 15) is 0 Å². The molecule has 18 heavy (non-hydrogen) atoms. The van der Waals surface area contributed by atoms with Gasteiger partial charge in [-0.2, -0.15) is 5.10 Å². The lowest BCUT2D eigenvalue weighted by Gasteiger charge is -2.33. The monoisotopic (exact) mass is 300 g/mol. The molecule has 1 aromatic heterocycles. The lowest BCUT2D eigenvalue weighted by molar-refractivity contribution is 0.111. The van der Waals surface area contributed by atoms with Crippen LogP contribution >= 0.6 is 35.3 Å². The van der Waals surface area contributed by atoms with Crippen LogP contribution in [0.1, 0.15) is 0 Å². The van der Waals surface area contributed by atoms with Gasteiger partial charge in [0.25, 0.3) is 0 Å². The normalized spacial score (nSPS) is 17.8. The lowest BCUT2D eigenvalue weighted by Crippen LogP contribution is -2.46. The van der Waals surface area contributed by atoms with Crippen molar-refractivity contribution >= 4 is 35.3 Å². The van der Waals surface area contributed by atoms with Gasteiger partial charge in [0.15, 0.2) is 8.29 Å². The molecular formula is C11H16N4S3. The summed E-state index contributed by atoms with van der Waals surface area (Å²) in [6.45, 7) is 5.64. The van der Waals surface area contributed by atoms with Crippen LogP contribution < -0.4 is 0 Å². The molecule has 0 aliphatic carbocycles. The third-order valence-electron chi connectivity index (χ3n) is 2.88. The van der Waals surface area contributed by atoms with Gasteiger partial charge in [0.1, 0.15) is 0 Å². The Labute approximate surface area is 121 Å². The SMILES string of the molecule is C#CCN1CCN(Cn2nc(SC)sc2=S)CC1. The summed E-state index contributed by atoms with van der Waals surface area (Å²) in [7, 11) is 0. The molecule has 1 aliphatic rings. The molecule has 0 atom stereocenters. The summed E-state index contributed by atoms with van der Waals surface area (Å²) in [5.41, 5.74) is 0. The van der Waals surface area contributed by atoms with E-state index in [1.807, 2.05) is 10.9 Å². The lowest BCUT2D eigenvalue weighted by atomic mass is 10.3. The Morgan fingerprint density at radius 1 is 1.39 bits per heavy atom. The number of hydrogen-bond acceptors (Lipinski definition) is 6. The minimum atomic E-state index is 0.751. The number of thioether (sulfide) groups is 1. The average molecular weight is 300 g/mol. The highest BCUT2D eigenvalue weighted by molar-refractivity contribution is 8.00. The zero-order chi connectivity index (χ0) is 13.0. The van der Waals surface area contributed by atoms with Gasteiger partial charge in [0, 0.05) is 26.2 Å². The Balaban J connectivity index is 1.89. The molecule has 0 radical (unpaired) electrons. The van der Waals surface area contributed by atoms with E-state index < -0.39 is 0 Å². The third-order valence-corrected chi connectivity index (χ3v) is 5.16. The summed E-state index contributed by atoms with van der Waals surface area (Å²) in [6, 6.07) is 0. The number of terminal acetylenes is 1. The van der Waals surface area contributed by atoms with Crippen molar-refractivity contribution < 1.29 is 0 Å². The van der Waals surface area contributed by atoms with Gasteiger partial charge in [-0.3, -0.25) is 9.80 Å². The van der Waals surface area contributed by atoms with Gasteiger partial charge in [0.05, 0.1) is 13.2 Å². The van der Waals surface area contributed by atoms with Gasteiger partial charge in [-0.25, -0.2) is 4.68 Å². The van der Waals surface area contributed by atoms with Crippen LogP contribution in [-0.4, -0.2) is 58.6 Å². The average Bonchev–Trinajstić information content (AvgIpc) is 2.73. The zero-order valence-electron chi connectivity index (χ0n) is 10.3. The van der Waals surface area contributed by atoms with Crippen molar-refractivity contribution in [3.05, 3.63) is 3.95 Å². The topological polar surface area (TPSA) is 24.3 Å². The molecule has 0 saturated carbocycles. The molecule has 1 fully saturated rings. The maximum absolute atomic E-state index is 5.32. The summed E-state index contributed by atoms with van der Waals surface area (Å²) >= 11 is 8.54. The van der Waals surface area contributed by atoms with Crippen LogP contribution in [-0.2, 0) is 6.67 Å². The number of aromatic nitrogens is 2. The molecule has 98 valence electrons. The van der Waals surface area contributed by atoms with Crippen LogP contribution in [0.4, 0.5) is 0 Å². The van der Waals surface area contributed by atoms with Crippen LogP contribution in [0, 0.1) is 16.3 Å². The first kappa shape index (κ1) is 14.0. The quantitative estimate of drug-likeness (QED) is 0.478. The molecule has 0 aromatic carbocycles. The molecule has 2 rings (SSSR count). The molecule has 1 aliphatic heterocycles. The fourth-order valence-corrected chi connectivity index (χ4v) is 3.60. The molecule has 2 heterocycles. The van der Waals surface area contributed by atoms with E-state index >= 15 is 0 Å². The summed E-state index contributed by atoms with van der Waals surface area (Å²) < 4.78 is 3.80. The fraction of sp³-hybridized carbons (Fsp3) is 0.636. The smallest absolute Gasteiger partial charge is 0.181 e. The molecule has 1 aromatic rings. The Hall–Kier alpha value is -0.390. The Morgan fingerprint density at radius 3 is 2.61 bits per heavy atom. The molecule has 4 nitrogen and oxygen atoms in total. The number of piperazine rings is 1. The van der Waals surface area contributed by atoms with Gasteiger partial charge in [0.2, 0.25) is 0 Å². The van der Waals surface area contributed by atoms with Crippen molar-refractivity contribution in [2.45, 2.75) is 11.0 Å². The van der Waals surface area contributed by atoms with Gasteiger partial charge in [-0.1, -0.05) is 29.0 Å². The Morgan fingerprint density at radius 2 is 2.06 bits per heavy atom. The summed E-state index contributed by atoms with van der Waals surface area (Å²) in [4.78, 5) is 4.66. The van der Waals surface area contributed by atoms with E-state index in [-0.39, 0.29) is 0 Å². The van der Waals surface area contributed by atoms with Crippen molar-refractivity contribution in [3.8, 4) is 12.3 Å². The number of nitrogens with zero attached hydrogens (tertiary/aromatic N) is 4. The first-order chi connectivity index (χ1) is 8.72. The van der Waals surface area contributed by atoms with Crippen LogP contribution in [0.2, 0.25) is 0 Å². The van der Waals surface area contributed by atoms with E-state index in [4.69, 9.17) is 18.6 Å². The highest BCUT2D eigenvalue weighted by Gasteiger charge is 2.16. The molecule has 1 saturated heterocycles. The third kappa shape index (κ3) is 3.56. The van der Waals surface area contributed by atoms with Gasteiger partial charge >= 0.3 is 0 Å². The van der Waals surface area contributed by atoms with Crippen molar-refractivity contribution in [2.75, 3.05) is 39.0 Å². The molecular weight excluding hydrogens is 284 g/mol. The van der Waals surface area contributed by atoms with Crippen molar-refractivity contribution in [1.29, 1.82) is 0 Å². The molecule has 0 amide bonds.